The van der Waals surface area contributed by atoms with Gasteiger partial charge in [0.25, 0.3) is 5.69 Å². The smallest absolute Gasteiger partial charge is 0.273 e. The molecule has 0 aliphatic rings. The van der Waals surface area contributed by atoms with Crippen LogP contribution in [-0.4, -0.2) is 4.92 Å². The second-order valence-corrected chi connectivity index (χ2v) is 4.56. The maximum absolute atomic E-state index is 10.6. The molecule has 5 heteroatoms. The van der Waals surface area contributed by atoms with Gasteiger partial charge in [0.2, 0.25) is 0 Å². The van der Waals surface area contributed by atoms with Crippen molar-refractivity contribution in [2.75, 3.05) is 0 Å². The Labute approximate surface area is 112 Å². The van der Waals surface area contributed by atoms with Crippen LogP contribution in [0.5, 0.6) is 11.5 Å². The lowest BCUT2D eigenvalue weighted by Crippen LogP contribution is -1.89. The van der Waals surface area contributed by atoms with Crippen molar-refractivity contribution in [3.8, 4) is 11.5 Å². The van der Waals surface area contributed by atoms with Crippen LogP contribution in [0.25, 0.3) is 0 Å². The van der Waals surface area contributed by atoms with Crippen LogP contribution in [0.3, 0.4) is 0 Å². The van der Waals surface area contributed by atoms with Crippen LogP contribution >= 0.6 is 22.6 Å². The topological polar surface area (TPSA) is 52.4 Å². The SMILES string of the molecule is O=[N+]([O-])c1cccc(Oc2ccc(I)cc2)c1. The maximum Gasteiger partial charge on any atom is 0.273 e. The molecular formula is C12H8INO3. The third kappa shape index (κ3) is 3.16. The second-order valence-electron chi connectivity index (χ2n) is 3.31. The molecule has 0 unspecified atom stereocenters. The number of benzene rings is 2. The molecule has 4 nitrogen and oxygen atoms in total. The lowest BCUT2D eigenvalue weighted by Gasteiger charge is -2.05. The van der Waals surface area contributed by atoms with Gasteiger partial charge in [0.15, 0.2) is 0 Å². The van der Waals surface area contributed by atoms with E-state index in [0.717, 1.165) is 3.57 Å². The van der Waals surface area contributed by atoms with Gasteiger partial charge in [-0.15, -0.1) is 0 Å². The highest BCUT2D eigenvalue weighted by Crippen LogP contribution is 2.25. The normalized spacial score (nSPS) is 9.94. The molecule has 0 atom stereocenters. The van der Waals surface area contributed by atoms with Crippen molar-refractivity contribution in [1.29, 1.82) is 0 Å². The van der Waals surface area contributed by atoms with E-state index < -0.39 is 4.92 Å². The van der Waals surface area contributed by atoms with Crippen LogP contribution < -0.4 is 4.74 Å². The summed E-state index contributed by atoms with van der Waals surface area (Å²) in [5, 5.41) is 10.6. The molecule has 0 fully saturated rings. The fourth-order valence-electron chi connectivity index (χ4n) is 1.30. The monoisotopic (exact) mass is 341 g/mol. The number of non-ortho nitro benzene ring substituents is 1. The minimum Gasteiger partial charge on any atom is -0.457 e. The molecule has 0 saturated heterocycles. The van der Waals surface area contributed by atoms with Gasteiger partial charge in [-0.2, -0.15) is 0 Å². The Bertz CT molecular complexity index is 540. The third-order valence-electron chi connectivity index (χ3n) is 2.08. The van der Waals surface area contributed by atoms with Crippen LogP contribution in [0.4, 0.5) is 5.69 Å². The number of halogens is 1. The summed E-state index contributed by atoms with van der Waals surface area (Å²) in [4.78, 5) is 10.2. The van der Waals surface area contributed by atoms with Gasteiger partial charge in [-0.25, -0.2) is 0 Å². The lowest BCUT2D eigenvalue weighted by molar-refractivity contribution is -0.384. The van der Waals surface area contributed by atoms with Gasteiger partial charge in [0.05, 0.1) is 11.0 Å². The minimum absolute atomic E-state index is 0.0213. The summed E-state index contributed by atoms with van der Waals surface area (Å²) in [7, 11) is 0. The van der Waals surface area contributed by atoms with Gasteiger partial charge in [-0.1, -0.05) is 6.07 Å². The molecule has 2 rings (SSSR count). The van der Waals surface area contributed by atoms with Gasteiger partial charge in [0.1, 0.15) is 11.5 Å². The van der Waals surface area contributed by atoms with Crippen molar-refractivity contribution in [3.63, 3.8) is 0 Å². The molecule has 0 N–H and O–H groups in total. The van der Waals surface area contributed by atoms with E-state index in [1.54, 1.807) is 12.1 Å². The lowest BCUT2D eigenvalue weighted by atomic mass is 10.3. The fraction of sp³-hybridized carbons (Fsp3) is 0. The average Bonchev–Trinajstić information content (AvgIpc) is 2.32. The first-order chi connectivity index (χ1) is 8.15. The van der Waals surface area contributed by atoms with Crippen molar-refractivity contribution in [2.24, 2.45) is 0 Å². The van der Waals surface area contributed by atoms with Gasteiger partial charge in [0, 0.05) is 9.64 Å². The predicted octanol–water partition coefficient (Wildman–Crippen LogP) is 3.99. The predicted molar refractivity (Wildman–Crippen MR) is 72.3 cm³/mol. The van der Waals surface area contributed by atoms with E-state index in [-0.39, 0.29) is 5.69 Å². The summed E-state index contributed by atoms with van der Waals surface area (Å²) >= 11 is 2.20. The summed E-state index contributed by atoms with van der Waals surface area (Å²) < 4.78 is 6.62. The van der Waals surface area contributed by atoms with Gasteiger partial charge in [-0.05, 0) is 52.9 Å². The van der Waals surface area contributed by atoms with Gasteiger partial charge < -0.3 is 4.74 Å². The fourth-order valence-corrected chi connectivity index (χ4v) is 1.66. The highest BCUT2D eigenvalue weighted by atomic mass is 127. The zero-order chi connectivity index (χ0) is 12.3. The summed E-state index contributed by atoms with van der Waals surface area (Å²) in [5.41, 5.74) is 0.0213. The second kappa shape index (κ2) is 5.13. The highest BCUT2D eigenvalue weighted by Gasteiger charge is 2.06. The number of nitrogens with zero attached hydrogens (tertiary/aromatic N) is 1. The molecule has 2 aromatic rings. The Morgan fingerprint density at radius 1 is 1.06 bits per heavy atom. The molecule has 0 aliphatic heterocycles. The van der Waals surface area contributed by atoms with Crippen molar-refractivity contribution < 1.29 is 9.66 Å². The first kappa shape index (κ1) is 11.8. The highest BCUT2D eigenvalue weighted by molar-refractivity contribution is 14.1. The first-order valence-electron chi connectivity index (χ1n) is 4.83. The zero-order valence-electron chi connectivity index (χ0n) is 8.67. The number of hydrogen-bond acceptors (Lipinski definition) is 3. The van der Waals surface area contributed by atoms with E-state index in [2.05, 4.69) is 22.6 Å². The summed E-state index contributed by atoms with van der Waals surface area (Å²) in [6, 6.07) is 13.6. The molecule has 0 radical (unpaired) electrons. The number of rotatable bonds is 3. The number of ether oxygens (including phenoxy) is 1. The van der Waals surface area contributed by atoms with Crippen molar-refractivity contribution in [1.82, 2.24) is 0 Å². The Kier molecular flexibility index (Phi) is 3.58. The van der Waals surface area contributed by atoms with Crippen LogP contribution in [0, 0.1) is 13.7 Å². The Hall–Kier alpha value is -1.63. The van der Waals surface area contributed by atoms with Crippen molar-refractivity contribution in [3.05, 3.63) is 62.2 Å². The summed E-state index contributed by atoms with van der Waals surface area (Å²) in [6.07, 6.45) is 0. The molecule has 0 spiro atoms. The molecule has 0 aromatic heterocycles. The summed E-state index contributed by atoms with van der Waals surface area (Å²) in [6.45, 7) is 0. The maximum atomic E-state index is 10.6. The van der Waals surface area contributed by atoms with E-state index in [0.29, 0.717) is 11.5 Å². The van der Waals surface area contributed by atoms with Crippen molar-refractivity contribution in [2.45, 2.75) is 0 Å². The van der Waals surface area contributed by atoms with Crippen LogP contribution in [0.15, 0.2) is 48.5 Å². The molecular weight excluding hydrogens is 333 g/mol. The molecule has 0 bridgehead atoms. The zero-order valence-corrected chi connectivity index (χ0v) is 10.8. The Balaban J connectivity index is 2.21. The van der Waals surface area contributed by atoms with E-state index >= 15 is 0 Å². The van der Waals surface area contributed by atoms with E-state index in [9.17, 15) is 10.1 Å². The molecule has 0 amide bonds. The van der Waals surface area contributed by atoms with Gasteiger partial charge in [-0.3, -0.25) is 10.1 Å². The van der Waals surface area contributed by atoms with Crippen LogP contribution in [-0.2, 0) is 0 Å². The largest absolute Gasteiger partial charge is 0.457 e. The Morgan fingerprint density at radius 2 is 1.76 bits per heavy atom. The number of nitro benzene ring substituents is 1. The average molecular weight is 341 g/mol. The van der Waals surface area contributed by atoms with Gasteiger partial charge >= 0.3 is 0 Å². The quantitative estimate of drug-likeness (QED) is 0.482. The van der Waals surface area contributed by atoms with Crippen molar-refractivity contribution >= 4 is 28.3 Å². The standard InChI is InChI=1S/C12H8INO3/c13-9-4-6-11(7-5-9)17-12-3-1-2-10(8-12)14(15)16/h1-8H. The first-order valence-corrected chi connectivity index (χ1v) is 5.91. The Morgan fingerprint density at radius 3 is 2.41 bits per heavy atom. The summed E-state index contributed by atoms with van der Waals surface area (Å²) in [5.74, 6) is 1.12. The van der Waals surface area contributed by atoms with E-state index in [4.69, 9.17) is 4.74 Å². The number of hydrogen-bond donors (Lipinski definition) is 0. The molecule has 2 aromatic carbocycles. The molecule has 0 aliphatic carbocycles. The molecule has 86 valence electrons. The van der Waals surface area contributed by atoms with Crippen LogP contribution in [0.1, 0.15) is 0 Å². The van der Waals surface area contributed by atoms with E-state index in [1.807, 2.05) is 24.3 Å². The third-order valence-corrected chi connectivity index (χ3v) is 2.80. The molecule has 0 saturated carbocycles. The molecule has 0 heterocycles. The minimum atomic E-state index is -0.444. The van der Waals surface area contributed by atoms with Crippen LogP contribution in [0.2, 0.25) is 0 Å². The molecule has 17 heavy (non-hydrogen) atoms. The van der Waals surface area contributed by atoms with E-state index in [1.165, 1.54) is 12.1 Å². The number of nitro groups is 1.